The van der Waals surface area contributed by atoms with Crippen LogP contribution in [0.1, 0.15) is 10.5 Å². The van der Waals surface area contributed by atoms with Crippen LogP contribution >= 0.6 is 0 Å². The highest BCUT2D eigenvalue weighted by molar-refractivity contribution is 6.31. The highest BCUT2D eigenvalue weighted by Crippen LogP contribution is 1.96. The molecule has 0 saturated heterocycles. The Morgan fingerprint density at radius 1 is 1.29 bits per heavy atom. The van der Waals surface area contributed by atoms with E-state index in [1.165, 1.54) is 18.3 Å². The van der Waals surface area contributed by atoms with E-state index in [1.54, 1.807) is 6.07 Å². The summed E-state index contributed by atoms with van der Waals surface area (Å²) in [6, 6.07) is 4.38. The molecule has 1 rings (SSSR count). The van der Waals surface area contributed by atoms with Gasteiger partial charge in [-0.1, -0.05) is 6.07 Å². The van der Waals surface area contributed by atoms with Crippen LogP contribution in [0, 0.1) is 0 Å². The van der Waals surface area contributed by atoms with Gasteiger partial charge >= 0.3 is 17.9 Å². The van der Waals surface area contributed by atoms with Gasteiger partial charge in [-0.25, -0.2) is 19.4 Å². The lowest BCUT2D eigenvalue weighted by Gasteiger charge is -1.97. The highest BCUT2D eigenvalue weighted by Gasteiger charge is 2.19. The quantitative estimate of drug-likeness (QED) is 0.380. The van der Waals surface area contributed by atoms with E-state index in [1.807, 2.05) is 0 Å². The Hall–Kier alpha value is -2.24. The Kier molecular flexibility index (Phi) is 2.90. The van der Waals surface area contributed by atoms with E-state index in [0.29, 0.717) is 0 Å². The van der Waals surface area contributed by atoms with Crippen molar-refractivity contribution in [2.24, 2.45) is 0 Å². The molecule has 0 aliphatic rings. The third-order valence-electron chi connectivity index (χ3n) is 1.23. The topological polar surface area (TPSA) is 93.6 Å². The van der Waals surface area contributed by atoms with Crippen LogP contribution < -0.4 is 0 Å². The SMILES string of the molecule is O=C(O)C(=O)OC(=O)c1ccccn1. The Morgan fingerprint density at radius 3 is 2.50 bits per heavy atom. The lowest BCUT2D eigenvalue weighted by Crippen LogP contribution is -2.21. The van der Waals surface area contributed by atoms with Gasteiger partial charge in [0.15, 0.2) is 0 Å². The van der Waals surface area contributed by atoms with Gasteiger partial charge in [-0.05, 0) is 12.1 Å². The van der Waals surface area contributed by atoms with E-state index in [0.717, 1.165) is 0 Å². The highest BCUT2D eigenvalue weighted by atomic mass is 16.6. The Bertz CT molecular complexity index is 373. The maximum absolute atomic E-state index is 11.0. The van der Waals surface area contributed by atoms with Crippen molar-refractivity contribution in [1.29, 1.82) is 0 Å². The number of aliphatic carboxylic acids is 1. The second-order valence-electron chi connectivity index (χ2n) is 2.20. The number of carbonyl (C=O) groups excluding carboxylic acids is 2. The zero-order chi connectivity index (χ0) is 10.6. The zero-order valence-corrected chi connectivity index (χ0v) is 6.84. The number of carboxylic acid groups (broad SMARTS) is 1. The van der Waals surface area contributed by atoms with Gasteiger partial charge in [-0.3, -0.25) is 0 Å². The zero-order valence-electron chi connectivity index (χ0n) is 6.84. The van der Waals surface area contributed by atoms with Crippen LogP contribution in [0.2, 0.25) is 0 Å². The number of carboxylic acids is 1. The van der Waals surface area contributed by atoms with E-state index in [9.17, 15) is 14.4 Å². The molecule has 0 bridgehead atoms. The molecular formula is C8H5NO5. The van der Waals surface area contributed by atoms with Crippen molar-refractivity contribution in [2.45, 2.75) is 0 Å². The number of nitrogens with zero attached hydrogens (tertiary/aromatic N) is 1. The molecule has 1 aromatic rings. The molecule has 1 heterocycles. The Balaban J connectivity index is 2.69. The summed E-state index contributed by atoms with van der Waals surface area (Å²) in [6.07, 6.45) is 1.32. The van der Waals surface area contributed by atoms with Gasteiger partial charge in [-0.15, -0.1) is 0 Å². The minimum Gasteiger partial charge on any atom is -0.473 e. The largest absolute Gasteiger partial charge is 0.473 e. The van der Waals surface area contributed by atoms with Gasteiger partial charge in [0.1, 0.15) is 5.69 Å². The molecule has 6 heteroatoms. The summed E-state index contributed by atoms with van der Waals surface area (Å²) in [6.45, 7) is 0. The van der Waals surface area contributed by atoms with Crippen molar-refractivity contribution in [1.82, 2.24) is 4.98 Å². The normalized spacial score (nSPS) is 9.14. The van der Waals surface area contributed by atoms with E-state index in [4.69, 9.17) is 5.11 Å². The summed E-state index contributed by atoms with van der Waals surface area (Å²) in [5.41, 5.74) is -0.123. The maximum atomic E-state index is 11.0. The Morgan fingerprint density at radius 2 is 2.00 bits per heavy atom. The number of carbonyl (C=O) groups is 3. The lowest BCUT2D eigenvalue weighted by molar-refractivity contribution is -0.160. The first kappa shape index (κ1) is 9.85. The molecule has 6 nitrogen and oxygen atoms in total. The average Bonchev–Trinajstić information content (AvgIpc) is 2.19. The molecule has 0 fully saturated rings. The summed E-state index contributed by atoms with van der Waals surface area (Å²) in [5, 5.41) is 8.13. The number of esters is 2. The standard InChI is InChI=1S/C8H5NO5/c10-6(11)8(13)14-7(12)5-3-1-2-4-9-5/h1-4H,(H,10,11). The van der Waals surface area contributed by atoms with E-state index < -0.39 is 17.9 Å². The molecule has 0 unspecified atom stereocenters. The summed E-state index contributed by atoms with van der Waals surface area (Å²) in [7, 11) is 0. The molecule has 0 atom stereocenters. The van der Waals surface area contributed by atoms with Crippen LogP contribution in [0.4, 0.5) is 0 Å². The van der Waals surface area contributed by atoms with Gasteiger partial charge < -0.3 is 9.84 Å². The molecule has 0 saturated carbocycles. The van der Waals surface area contributed by atoms with Crippen LogP contribution in [0.15, 0.2) is 24.4 Å². The number of rotatable bonds is 1. The maximum Gasteiger partial charge on any atom is 0.425 e. The number of ether oxygens (including phenoxy) is 1. The van der Waals surface area contributed by atoms with Gasteiger partial charge in [0.05, 0.1) is 0 Å². The lowest BCUT2D eigenvalue weighted by atomic mass is 10.3. The van der Waals surface area contributed by atoms with Crippen molar-refractivity contribution in [3.8, 4) is 0 Å². The summed E-state index contributed by atoms with van der Waals surface area (Å²) in [5.74, 6) is -4.53. The van der Waals surface area contributed by atoms with Crippen molar-refractivity contribution < 1.29 is 24.2 Å². The molecule has 0 aromatic carbocycles. The van der Waals surface area contributed by atoms with Crippen molar-refractivity contribution in [3.63, 3.8) is 0 Å². The fourth-order valence-corrected chi connectivity index (χ4v) is 0.664. The first-order valence-corrected chi connectivity index (χ1v) is 3.51. The van der Waals surface area contributed by atoms with Gasteiger partial charge in [0, 0.05) is 6.20 Å². The molecule has 0 radical (unpaired) electrons. The first-order chi connectivity index (χ1) is 6.61. The van der Waals surface area contributed by atoms with Crippen LogP contribution in [-0.4, -0.2) is 28.0 Å². The molecule has 1 N–H and O–H groups in total. The van der Waals surface area contributed by atoms with Gasteiger partial charge in [-0.2, -0.15) is 0 Å². The van der Waals surface area contributed by atoms with Crippen molar-refractivity contribution in [3.05, 3.63) is 30.1 Å². The smallest absolute Gasteiger partial charge is 0.425 e. The number of pyridine rings is 1. The third kappa shape index (κ3) is 2.37. The number of aromatic nitrogens is 1. The molecule has 0 aliphatic carbocycles. The number of hydrogen-bond acceptors (Lipinski definition) is 5. The minimum atomic E-state index is -1.82. The van der Waals surface area contributed by atoms with Crippen molar-refractivity contribution >= 4 is 17.9 Å². The fraction of sp³-hybridized carbons (Fsp3) is 0. The second-order valence-corrected chi connectivity index (χ2v) is 2.20. The van der Waals surface area contributed by atoms with Gasteiger partial charge in [0.25, 0.3) is 0 Å². The summed E-state index contributed by atoms with van der Waals surface area (Å²) in [4.78, 5) is 35.0. The molecule has 1 aromatic heterocycles. The molecule has 14 heavy (non-hydrogen) atoms. The molecule has 0 amide bonds. The average molecular weight is 195 g/mol. The molecule has 72 valence electrons. The van der Waals surface area contributed by atoms with Crippen LogP contribution in [0.3, 0.4) is 0 Å². The van der Waals surface area contributed by atoms with Gasteiger partial charge in [0.2, 0.25) is 0 Å². The summed E-state index contributed by atoms with van der Waals surface area (Å²) >= 11 is 0. The number of hydrogen-bond donors (Lipinski definition) is 1. The second kappa shape index (κ2) is 4.13. The minimum absolute atomic E-state index is 0.123. The van der Waals surface area contributed by atoms with E-state index >= 15 is 0 Å². The first-order valence-electron chi connectivity index (χ1n) is 3.51. The van der Waals surface area contributed by atoms with Crippen LogP contribution in [-0.2, 0) is 14.3 Å². The van der Waals surface area contributed by atoms with E-state index in [-0.39, 0.29) is 5.69 Å². The van der Waals surface area contributed by atoms with E-state index in [2.05, 4.69) is 9.72 Å². The van der Waals surface area contributed by atoms with Crippen LogP contribution in [0.25, 0.3) is 0 Å². The predicted molar refractivity (Wildman–Crippen MR) is 42.3 cm³/mol. The third-order valence-corrected chi connectivity index (χ3v) is 1.23. The fourth-order valence-electron chi connectivity index (χ4n) is 0.664. The van der Waals surface area contributed by atoms with Crippen LogP contribution in [0.5, 0.6) is 0 Å². The molecule has 0 aliphatic heterocycles. The summed E-state index contributed by atoms with van der Waals surface area (Å²) < 4.78 is 3.96. The molecule has 0 spiro atoms. The molecular weight excluding hydrogens is 190 g/mol. The van der Waals surface area contributed by atoms with Crippen molar-refractivity contribution in [2.75, 3.05) is 0 Å². The monoisotopic (exact) mass is 195 g/mol. The predicted octanol–water partition coefficient (Wildman–Crippen LogP) is -0.150. The Labute approximate surface area is 78.1 Å².